The molecule has 1 aromatic rings. The molecule has 0 aliphatic carbocycles. The Morgan fingerprint density at radius 1 is 1.18 bits per heavy atom. The first-order valence-electron chi connectivity index (χ1n) is 6.71. The van der Waals surface area contributed by atoms with Crippen molar-refractivity contribution in [2.75, 3.05) is 26.7 Å². The van der Waals surface area contributed by atoms with Crippen molar-refractivity contribution in [1.82, 2.24) is 10.2 Å². The van der Waals surface area contributed by atoms with E-state index in [0.717, 1.165) is 25.6 Å². The molecule has 0 aromatic heterocycles. The first-order valence-corrected chi connectivity index (χ1v) is 6.71. The Morgan fingerprint density at radius 2 is 1.88 bits per heavy atom. The topological polar surface area (TPSA) is 15.3 Å². The lowest BCUT2D eigenvalue weighted by Gasteiger charge is -2.25. The van der Waals surface area contributed by atoms with Crippen molar-refractivity contribution in [3.05, 3.63) is 35.9 Å². The highest BCUT2D eigenvalue weighted by Gasteiger charge is 2.11. The molecular formula is C15H26N2. The van der Waals surface area contributed by atoms with E-state index in [-0.39, 0.29) is 0 Å². The van der Waals surface area contributed by atoms with Crippen molar-refractivity contribution in [2.45, 2.75) is 26.8 Å². The number of hydrogen-bond donors (Lipinski definition) is 1. The van der Waals surface area contributed by atoms with Crippen LogP contribution in [0, 0.1) is 5.92 Å². The zero-order valence-corrected chi connectivity index (χ0v) is 11.4. The standard InChI is InChI=1S/C15H26N2/c1-4-14(11-16-3)12-17(5-2)13-15-9-7-6-8-10-15/h6-10,14,16H,4-5,11-13H2,1-3H3. The summed E-state index contributed by atoms with van der Waals surface area (Å²) < 4.78 is 0. The predicted octanol–water partition coefficient (Wildman–Crippen LogP) is 2.75. The minimum atomic E-state index is 0.753. The fraction of sp³-hybridized carbons (Fsp3) is 0.600. The maximum absolute atomic E-state index is 3.29. The van der Waals surface area contributed by atoms with Crippen LogP contribution >= 0.6 is 0 Å². The van der Waals surface area contributed by atoms with E-state index < -0.39 is 0 Å². The summed E-state index contributed by atoms with van der Waals surface area (Å²) in [6, 6.07) is 10.7. The van der Waals surface area contributed by atoms with Crippen LogP contribution in [-0.2, 0) is 6.54 Å². The Hall–Kier alpha value is -0.860. The van der Waals surface area contributed by atoms with Crippen molar-refractivity contribution >= 4 is 0 Å². The third-order valence-electron chi connectivity index (χ3n) is 3.28. The summed E-state index contributed by atoms with van der Waals surface area (Å²) in [5, 5.41) is 3.29. The molecule has 0 saturated carbocycles. The monoisotopic (exact) mass is 234 g/mol. The molecule has 2 heteroatoms. The number of benzene rings is 1. The molecule has 0 amide bonds. The Morgan fingerprint density at radius 3 is 2.41 bits per heavy atom. The normalized spacial score (nSPS) is 12.9. The molecule has 0 heterocycles. The molecule has 0 fully saturated rings. The van der Waals surface area contributed by atoms with Crippen molar-refractivity contribution in [1.29, 1.82) is 0 Å². The zero-order chi connectivity index (χ0) is 12.5. The average Bonchev–Trinajstić information content (AvgIpc) is 2.38. The summed E-state index contributed by atoms with van der Waals surface area (Å²) >= 11 is 0. The summed E-state index contributed by atoms with van der Waals surface area (Å²) in [7, 11) is 2.04. The van der Waals surface area contributed by atoms with Crippen LogP contribution < -0.4 is 5.32 Å². The maximum atomic E-state index is 3.29. The first-order chi connectivity index (χ1) is 8.30. The molecule has 1 unspecified atom stereocenters. The van der Waals surface area contributed by atoms with Gasteiger partial charge in [-0.25, -0.2) is 0 Å². The van der Waals surface area contributed by atoms with Gasteiger partial charge in [-0.3, -0.25) is 4.90 Å². The lowest BCUT2D eigenvalue weighted by molar-refractivity contribution is 0.228. The largest absolute Gasteiger partial charge is 0.319 e. The van der Waals surface area contributed by atoms with Crippen molar-refractivity contribution in [3.63, 3.8) is 0 Å². The minimum absolute atomic E-state index is 0.753. The van der Waals surface area contributed by atoms with Gasteiger partial charge in [-0.05, 0) is 31.6 Å². The lowest BCUT2D eigenvalue weighted by atomic mass is 10.1. The predicted molar refractivity (Wildman–Crippen MR) is 75.1 cm³/mol. The van der Waals surface area contributed by atoms with E-state index in [2.05, 4.69) is 54.4 Å². The molecule has 0 radical (unpaired) electrons. The summed E-state index contributed by atoms with van der Waals surface area (Å²) in [4.78, 5) is 2.53. The Bertz CT molecular complexity index is 284. The first kappa shape index (κ1) is 14.2. The highest BCUT2D eigenvalue weighted by Crippen LogP contribution is 2.09. The fourth-order valence-electron chi connectivity index (χ4n) is 2.14. The van der Waals surface area contributed by atoms with Gasteiger partial charge >= 0.3 is 0 Å². The van der Waals surface area contributed by atoms with E-state index in [9.17, 15) is 0 Å². The molecule has 0 saturated heterocycles. The van der Waals surface area contributed by atoms with E-state index in [1.807, 2.05) is 7.05 Å². The van der Waals surface area contributed by atoms with Gasteiger partial charge in [-0.15, -0.1) is 0 Å². The second kappa shape index (κ2) is 8.26. The van der Waals surface area contributed by atoms with Crippen LogP contribution in [0.5, 0.6) is 0 Å². The molecule has 0 aliphatic heterocycles. The van der Waals surface area contributed by atoms with Crippen LogP contribution in [0.1, 0.15) is 25.8 Å². The highest BCUT2D eigenvalue weighted by atomic mass is 15.1. The molecule has 17 heavy (non-hydrogen) atoms. The molecule has 0 bridgehead atoms. The van der Waals surface area contributed by atoms with E-state index in [1.54, 1.807) is 0 Å². The third-order valence-corrected chi connectivity index (χ3v) is 3.28. The van der Waals surface area contributed by atoms with Gasteiger partial charge in [-0.1, -0.05) is 50.6 Å². The van der Waals surface area contributed by atoms with Crippen molar-refractivity contribution in [3.8, 4) is 0 Å². The molecule has 1 aromatic carbocycles. The van der Waals surface area contributed by atoms with Crippen LogP contribution in [0.4, 0.5) is 0 Å². The Labute approximate surface area is 106 Å². The van der Waals surface area contributed by atoms with Crippen LogP contribution in [0.3, 0.4) is 0 Å². The average molecular weight is 234 g/mol. The van der Waals surface area contributed by atoms with Gasteiger partial charge in [0.1, 0.15) is 0 Å². The quantitative estimate of drug-likeness (QED) is 0.744. The van der Waals surface area contributed by atoms with Gasteiger partial charge in [0.25, 0.3) is 0 Å². The second-order valence-corrected chi connectivity index (χ2v) is 4.65. The number of nitrogens with zero attached hydrogens (tertiary/aromatic N) is 1. The van der Waals surface area contributed by atoms with Gasteiger partial charge in [0.05, 0.1) is 0 Å². The minimum Gasteiger partial charge on any atom is -0.319 e. The van der Waals surface area contributed by atoms with E-state index in [1.165, 1.54) is 18.5 Å². The fourth-order valence-corrected chi connectivity index (χ4v) is 2.14. The summed E-state index contributed by atoms with van der Waals surface area (Å²) in [5.41, 5.74) is 1.41. The SMILES string of the molecule is CCC(CNC)CN(CC)Cc1ccccc1. The molecular weight excluding hydrogens is 208 g/mol. The van der Waals surface area contributed by atoms with Crippen LogP contribution in [0.2, 0.25) is 0 Å². The van der Waals surface area contributed by atoms with E-state index in [0.29, 0.717) is 0 Å². The number of rotatable bonds is 8. The Kier molecular flexibility index (Phi) is 6.90. The lowest BCUT2D eigenvalue weighted by Crippen LogP contribution is -2.33. The van der Waals surface area contributed by atoms with Crippen molar-refractivity contribution < 1.29 is 0 Å². The molecule has 0 aliphatic rings. The highest BCUT2D eigenvalue weighted by molar-refractivity contribution is 5.14. The van der Waals surface area contributed by atoms with Gasteiger partial charge in [0, 0.05) is 13.1 Å². The maximum Gasteiger partial charge on any atom is 0.0233 e. The third kappa shape index (κ3) is 5.33. The number of nitrogens with one attached hydrogen (secondary N) is 1. The van der Waals surface area contributed by atoms with Crippen LogP contribution in [-0.4, -0.2) is 31.6 Å². The molecule has 1 atom stereocenters. The van der Waals surface area contributed by atoms with Gasteiger partial charge in [-0.2, -0.15) is 0 Å². The summed E-state index contributed by atoms with van der Waals surface area (Å²) in [6.45, 7) is 9.00. The van der Waals surface area contributed by atoms with E-state index >= 15 is 0 Å². The second-order valence-electron chi connectivity index (χ2n) is 4.65. The zero-order valence-electron chi connectivity index (χ0n) is 11.4. The molecule has 96 valence electrons. The van der Waals surface area contributed by atoms with Gasteiger partial charge < -0.3 is 5.32 Å². The van der Waals surface area contributed by atoms with E-state index in [4.69, 9.17) is 0 Å². The molecule has 2 nitrogen and oxygen atoms in total. The van der Waals surface area contributed by atoms with Gasteiger partial charge in [0.15, 0.2) is 0 Å². The summed E-state index contributed by atoms with van der Waals surface area (Å²) in [5.74, 6) is 0.753. The van der Waals surface area contributed by atoms with Crippen molar-refractivity contribution in [2.24, 2.45) is 5.92 Å². The van der Waals surface area contributed by atoms with Gasteiger partial charge in [0.2, 0.25) is 0 Å². The van der Waals surface area contributed by atoms with Crippen LogP contribution in [0.25, 0.3) is 0 Å². The summed E-state index contributed by atoms with van der Waals surface area (Å²) in [6.07, 6.45) is 1.24. The smallest absolute Gasteiger partial charge is 0.0233 e. The Balaban J connectivity index is 2.48. The van der Waals surface area contributed by atoms with Crippen LogP contribution in [0.15, 0.2) is 30.3 Å². The number of hydrogen-bond acceptors (Lipinski definition) is 2. The molecule has 1 N–H and O–H groups in total. The molecule has 0 spiro atoms. The molecule has 1 rings (SSSR count).